The summed E-state index contributed by atoms with van der Waals surface area (Å²) in [5, 5.41) is 6.59. The SMILES string of the molecule is NC1CCCCC1NC1=NCCN1. The molecule has 0 amide bonds. The lowest BCUT2D eigenvalue weighted by molar-refractivity contribution is 0.359. The second kappa shape index (κ2) is 3.96. The van der Waals surface area contributed by atoms with Crippen molar-refractivity contribution in [1.29, 1.82) is 0 Å². The molecule has 1 aliphatic carbocycles. The van der Waals surface area contributed by atoms with Crippen molar-refractivity contribution in [1.82, 2.24) is 10.6 Å². The number of guanidine groups is 1. The van der Waals surface area contributed by atoms with Crippen LogP contribution in [0, 0.1) is 0 Å². The Morgan fingerprint density at radius 1 is 1.38 bits per heavy atom. The fraction of sp³-hybridized carbons (Fsp3) is 0.889. The van der Waals surface area contributed by atoms with Crippen LogP contribution in [-0.2, 0) is 0 Å². The average Bonchev–Trinajstić information content (AvgIpc) is 2.61. The Morgan fingerprint density at radius 3 is 2.92 bits per heavy atom. The Labute approximate surface area is 79.0 Å². The molecule has 0 aromatic rings. The van der Waals surface area contributed by atoms with Crippen molar-refractivity contribution in [3.63, 3.8) is 0 Å². The van der Waals surface area contributed by atoms with Crippen molar-refractivity contribution in [3.05, 3.63) is 0 Å². The lowest BCUT2D eigenvalue weighted by atomic mass is 9.91. The van der Waals surface area contributed by atoms with Crippen molar-refractivity contribution in [2.24, 2.45) is 10.7 Å². The quantitative estimate of drug-likeness (QED) is 0.526. The predicted molar refractivity (Wildman–Crippen MR) is 53.7 cm³/mol. The molecule has 0 saturated heterocycles. The highest BCUT2D eigenvalue weighted by Crippen LogP contribution is 2.16. The minimum absolute atomic E-state index is 0.304. The van der Waals surface area contributed by atoms with Crippen LogP contribution < -0.4 is 16.4 Å². The fourth-order valence-corrected chi connectivity index (χ4v) is 2.01. The maximum absolute atomic E-state index is 6.01. The molecule has 2 unspecified atom stereocenters. The molecule has 1 fully saturated rings. The van der Waals surface area contributed by atoms with Gasteiger partial charge in [-0.05, 0) is 12.8 Å². The smallest absolute Gasteiger partial charge is 0.191 e. The van der Waals surface area contributed by atoms with Crippen molar-refractivity contribution in [3.8, 4) is 0 Å². The van der Waals surface area contributed by atoms with E-state index in [4.69, 9.17) is 5.73 Å². The van der Waals surface area contributed by atoms with E-state index in [2.05, 4.69) is 15.6 Å². The van der Waals surface area contributed by atoms with Crippen LogP contribution in [-0.4, -0.2) is 31.1 Å². The molecule has 74 valence electrons. The third kappa shape index (κ3) is 2.12. The first-order valence-corrected chi connectivity index (χ1v) is 5.17. The normalized spacial score (nSPS) is 33.8. The van der Waals surface area contributed by atoms with Gasteiger partial charge in [0.1, 0.15) is 0 Å². The summed E-state index contributed by atoms with van der Waals surface area (Å²) in [6.45, 7) is 1.86. The molecule has 0 aromatic heterocycles. The zero-order valence-electron chi connectivity index (χ0n) is 7.92. The van der Waals surface area contributed by atoms with E-state index >= 15 is 0 Å². The van der Waals surface area contributed by atoms with Crippen LogP contribution >= 0.6 is 0 Å². The maximum atomic E-state index is 6.01. The summed E-state index contributed by atoms with van der Waals surface area (Å²) in [5.74, 6) is 0.947. The molecule has 4 N–H and O–H groups in total. The summed E-state index contributed by atoms with van der Waals surface area (Å²) < 4.78 is 0. The van der Waals surface area contributed by atoms with Gasteiger partial charge in [-0.1, -0.05) is 12.8 Å². The van der Waals surface area contributed by atoms with Crippen LogP contribution in [0.15, 0.2) is 4.99 Å². The molecule has 0 radical (unpaired) electrons. The van der Waals surface area contributed by atoms with Gasteiger partial charge in [0.05, 0.1) is 6.54 Å². The van der Waals surface area contributed by atoms with Gasteiger partial charge in [-0.2, -0.15) is 0 Å². The largest absolute Gasteiger partial charge is 0.355 e. The van der Waals surface area contributed by atoms with Gasteiger partial charge in [-0.25, -0.2) is 0 Å². The van der Waals surface area contributed by atoms with Gasteiger partial charge < -0.3 is 16.4 Å². The number of nitrogens with zero attached hydrogens (tertiary/aromatic N) is 1. The molecular formula is C9H18N4. The van der Waals surface area contributed by atoms with Crippen LogP contribution in [0.2, 0.25) is 0 Å². The van der Waals surface area contributed by atoms with E-state index in [1.807, 2.05) is 0 Å². The van der Waals surface area contributed by atoms with Gasteiger partial charge in [0.25, 0.3) is 0 Å². The zero-order valence-corrected chi connectivity index (χ0v) is 7.92. The Hall–Kier alpha value is -0.770. The van der Waals surface area contributed by atoms with E-state index in [0.717, 1.165) is 25.5 Å². The van der Waals surface area contributed by atoms with Crippen molar-refractivity contribution < 1.29 is 0 Å². The van der Waals surface area contributed by atoms with E-state index < -0.39 is 0 Å². The lowest BCUT2D eigenvalue weighted by Gasteiger charge is -2.29. The highest BCUT2D eigenvalue weighted by Gasteiger charge is 2.22. The third-order valence-electron chi connectivity index (χ3n) is 2.82. The van der Waals surface area contributed by atoms with Crippen LogP contribution in [0.5, 0.6) is 0 Å². The molecule has 13 heavy (non-hydrogen) atoms. The second-order valence-electron chi connectivity index (χ2n) is 3.86. The average molecular weight is 182 g/mol. The molecule has 1 aliphatic heterocycles. The van der Waals surface area contributed by atoms with Crippen molar-refractivity contribution in [2.75, 3.05) is 13.1 Å². The second-order valence-corrected chi connectivity index (χ2v) is 3.86. The van der Waals surface area contributed by atoms with Gasteiger partial charge in [0.2, 0.25) is 0 Å². The van der Waals surface area contributed by atoms with Crippen LogP contribution in [0.1, 0.15) is 25.7 Å². The minimum Gasteiger partial charge on any atom is -0.355 e. The van der Waals surface area contributed by atoms with Crippen LogP contribution in [0.25, 0.3) is 0 Å². The van der Waals surface area contributed by atoms with Crippen molar-refractivity contribution >= 4 is 5.96 Å². The summed E-state index contributed by atoms with van der Waals surface area (Å²) in [6.07, 6.45) is 4.89. The number of rotatable bonds is 1. The molecular weight excluding hydrogens is 164 g/mol. The molecule has 0 bridgehead atoms. The van der Waals surface area contributed by atoms with Gasteiger partial charge in [0.15, 0.2) is 5.96 Å². The summed E-state index contributed by atoms with van der Waals surface area (Å²) in [7, 11) is 0. The molecule has 0 aromatic carbocycles. The van der Waals surface area contributed by atoms with E-state index in [9.17, 15) is 0 Å². The highest BCUT2D eigenvalue weighted by molar-refractivity contribution is 5.81. The van der Waals surface area contributed by atoms with Gasteiger partial charge >= 0.3 is 0 Å². The van der Waals surface area contributed by atoms with Crippen LogP contribution in [0.4, 0.5) is 0 Å². The van der Waals surface area contributed by atoms with Gasteiger partial charge in [0, 0.05) is 18.6 Å². The molecule has 1 saturated carbocycles. The minimum atomic E-state index is 0.304. The molecule has 2 rings (SSSR count). The first-order valence-electron chi connectivity index (χ1n) is 5.17. The monoisotopic (exact) mass is 182 g/mol. The molecule has 0 spiro atoms. The lowest BCUT2D eigenvalue weighted by Crippen LogP contribution is -2.51. The van der Waals surface area contributed by atoms with Gasteiger partial charge in [-0.15, -0.1) is 0 Å². The standard InChI is InChI=1S/C9H18N4/c10-7-3-1-2-4-8(7)13-9-11-5-6-12-9/h7-8H,1-6,10H2,(H2,11,12,13). The summed E-state index contributed by atoms with van der Waals surface area (Å²) >= 11 is 0. The number of nitrogens with two attached hydrogens (primary N) is 1. The van der Waals surface area contributed by atoms with Gasteiger partial charge in [-0.3, -0.25) is 4.99 Å². The molecule has 4 nitrogen and oxygen atoms in total. The molecule has 2 aliphatic rings. The maximum Gasteiger partial charge on any atom is 0.191 e. The summed E-state index contributed by atoms with van der Waals surface area (Å²) in [4.78, 5) is 4.30. The first-order chi connectivity index (χ1) is 6.36. The first kappa shape index (κ1) is 8.81. The number of aliphatic imine (C=N–C) groups is 1. The Bertz CT molecular complexity index is 202. The number of nitrogens with one attached hydrogen (secondary N) is 2. The Morgan fingerprint density at radius 2 is 2.23 bits per heavy atom. The molecule has 4 heteroatoms. The third-order valence-corrected chi connectivity index (χ3v) is 2.82. The van der Waals surface area contributed by atoms with E-state index in [-0.39, 0.29) is 0 Å². The molecule has 2 atom stereocenters. The predicted octanol–water partition coefficient (Wildman–Crippen LogP) is -0.195. The molecule has 1 heterocycles. The Balaban J connectivity index is 1.85. The van der Waals surface area contributed by atoms with E-state index in [1.165, 1.54) is 19.3 Å². The Kier molecular flexibility index (Phi) is 2.68. The number of hydrogen-bond donors (Lipinski definition) is 3. The summed E-state index contributed by atoms with van der Waals surface area (Å²) in [5.41, 5.74) is 6.01. The van der Waals surface area contributed by atoms with Crippen LogP contribution in [0.3, 0.4) is 0 Å². The summed E-state index contributed by atoms with van der Waals surface area (Å²) in [6, 6.07) is 0.733. The zero-order chi connectivity index (χ0) is 9.10. The fourth-order valence-electron chi connectivity index (χ4n) is 2.01. The number of hydrogen-bond acceptors (Lipinski definition) is 4. The van der Waals surface area contributed by atoms with Crippen molar-refractivity contribution in [2.45, 2.75) is 37.8 Å². The highest BCUT2D eigenvalue weighted by atomic mass is 15.2. The van der Waals surface area contributed by atoms with E-state index in [1.54, 1.807) is 0 Å². The van der Waals surface area contributed by atoms with E-state index in [0.29, 0.717) is 12.1 Å². The topological polar surface area (TPSA) is 62.4 Å².